The minimum atomic E-state index is -1.22. The van der Waals surface area contributed by atoms with Crippen LogP contribution in [0.15, 0.2) is 65.7 Å². The van der Waals surface area contributed by atoms with Crippen LogP contribution >= 0.6 is 11.6 Å². The molecule has 1 N–H and O–H groups in total. The van der Waals surface area contributed by atoms with E-state index in [1.807, 2.05) is 0 Å². The van der Waals surface area contributed by atoms with Gasteiger partial charge in [0.25, 0.3) is 0 Å². The van der Waals surface area contributed by atoms with E-state index in [-0.39, 0.29) is 11.6 Å². The Morgan fingerprint density at radius 2 is 1.95 bits per heavy atom. The van der Waals surface area contributed by atoms with Crippen molar-refractivity contribution in [2.45, 2.75) is 4.90 Å². The van der Waals surface area contributed by atoms with Crippen LogP contribution in [0.1, 0.15) is 0 Å². The molecule has 0 aromatic heterocycles. The molecular weight excluding hydrogens is 297 g/mol. The second-order valence-electron chi connectivity index (χ2n) is 4.18. The predicted molar refractivity (Wildman–Crippen MR) is 81.9 cm³/mol. The number of anilines is 1. The highest BCUT2D eigenvalue weighted by molar-refractivity contribution is 7.91. The van der Waals surface area contributed by atoms with Crippen LogP contribution in [-0.4, -0.2) is 10.3 Å². The van der Waals surface area contributed by atoms with E-state index in [1.54, 1.807) is 36.4 Å². The number of nitrogens with one attached hydrogen (secondary N) is 1. The van der Waals surface area contributed by atoms with Gasteiger partial charge in [0.1, 0.15) is 11.6 Å². The van der Waals surface area contributed by atoms with Crippen molar-refractivity contribution in [2.75, 3.05) is 11.1 Å². The highest BCUT2D eigenvalue weighted by Gasteiger charge is 2.13. The SMILES string of the molecule is C=C(C[S+]([O-])c1cccc(Cl)c1)Nc1ccc(F)cc1. The zero-order valence-corrected chi connectivity index (χ0v) is 12.2. The Hall–Kier alpha value is -1.49. The first kappa shape index (κ1) is 14.9. The maximum Gasteiger partial charge on any atom is 0.154 e. The van der Waals surface area contributed by atoms with Gasteiger partial charge in [-0.2, -0.15) is 0 Å². The smallest absolute Gasteiger partial charge is 0.154 e. The van der Waals surface area contributed by atoms with Crippen molar-refractivity contribution in [1.82, 2.24) is 0 Å². The van der Waals surface area contributed by atoms with Gasteiger partial charge in [-0.3, -0.25) is 0 Å². The average Bonchev–Trinajstić information content (AvgIpc) is 2.41. The summed E-state index contributed by atoms with van der Waals surface area (Å²) in [5, 5.41) is 3.55. The normalized spacial score (nSPS) is 11.9. The van der Waals surface area contributed by atoms with Crippen LogP contribution < -0.4 is 5.32 Å². The Bertz CT molecular complexity index is 603. The van der Waals surface area contributed by atoms with E-state index in [0.29, 0.717) is 21.3 Å². The fourth-order valence-electron chi connectivity index (χ4n) is 1.62. The van der Waals surface area contributed by atoms with Crippen LogP contribution in [0.2, 0.25) is 5.02 Å². The van der Waals surface area contributed by atoms with Crippen LogP contribution in [0.5, 0.6) is 0 Å². The summed E-state index contributed by atoms with van der Waals surface area (Å²) in [6, 6.07) is 12.8. The van der Waals surface area contributed by atoms with Crippen molar-refractivity contribution >= 4 is 28.5 Å². The molecule has 0 aliphatic rings. The van der Waals surface area contributed by atoms with E-state index >= 15 is 0 Å². The van der Waals surface area contributed by atoms with Crippen LogP contribution in [0, 0.1) is 5.82 Å². The third-order valence-electron chi connectivity index (χ3n) is 2.53. The summed E-state index contributed by atoms with van der Waals surface area (Å²) in [5.74, 6) is -0.0405. The van der Waals surface area contributed by atoms with E-state index in [2.05, 4.69) is 11.9 Å². The van der Waals surface area contributed by atoms with Crippen molar-refractivity contribution in [2.24, 2.45) is 0 Å². The Balaban J connectivity index is 1.95. The lowest BCUT2D eigenvalue weighted by molar-refractivity contribution is 0.597. The summed E-state index contributed by atoms with van der Waals surface area (Å²) in [4.78, 5) is 0.652. The third-order valence-corrected chi connectivity index (χ3v) is 4.16. The molecule has 0 radical (unpaired) electrons. The van der Waals surface area contributed by atoms with Crippen molar-refractivity contribution in [3.8, 4) is 0 Å². The van der Waals surface area contributed by atoms with Gasteiger partial charge in [-0.25, -0.2) is 4.39 Å². The summed E-state index contributed by atoms with van der Waals surface area (Å²) in [6.07, 6.45) is 0. The van der Waals surface area contributed by atoms with Gasteiger partial charge in [-0.15, -0.1) is 0 Å². The number of hydrogen-bond donors (Lipinski definition) is 1. The van der Waals surface area contributed by atoms with E-state index in [9.17, 15) is 8.94 Å². The minimum absolute atomic E-state index is 0.262. The van der Waals surface area contributed by atoms with E-state index in [0.717, 1.165) is 0 Å². The van der Waals surface area contributed by atoms with Gasteiger partial charge in [0.2, 0.25) is 0 Å². The van der Waals surface area contributed by atoms with E-state index in [4.69, 9.17) is 11.6 Å². The van der Waals surface area contributed by atoms with Crippen molar-refractivity contribution in [3.63, 3.8) is 0 Å². The number of halogens is 2. The largest absolute Gasteiger partial charge is 0.611 e. The van der Waals surface area contributed by atoms with Crippen LogP contribution in [-0.2, 0) is 11.2 Å². The summed E-state index contributed by atoms with van der Waals surface area (Å²) in [7, 11) is 0. The molecular formula is C15H13ClFNOS. The zero-order chi connectivity index (χ0) is 14.5. The van der Waals surface area contributed by atoms with Crippen molar-refractivity contribution in [1.29, 1.82) is 0 Å². The maximum absolute atomic E-state index is 12.8. The van der Waals surface area contributed by atoms with E-state index in [1.165, 1.54) is 12.1 Å². The molecule has 0 saturated carbocycles. The molecule has 104 valence electrons. The first-order chi connectivity index (χ1) is 9.54. The topological polar surface area (TPSA) is 35.1 Å². The minimum Gasteiger partial charge on any atom is -0.611 e. The zero-order valence-electron chi connectivity index (χ0n) is 10.6. The second kappa shape index (κ2) is 6.79. The fourth-order valence-corrected chi connectivity index (χ4v) is 2.92. The van der Waals surface area contributed by atoms with Crippen molar-refractivity contribution < 1.29 is 8.94 Å². The molecule has 0 aliphatic heterocycles. The highest BCUT2D eigenvalue weighted by atomic mass is 35.5. The molecule has 0 bridgehead atoms. The van der Waals surface area contributed by atoms with Crippen LogP contribution in [0.3, 0.4) is 0 Å². The first-order valence-corrected chi connectivity index (χ1v) is 7.58. The number of benzene rings is 2. The summed E-state index contributed by atoms with van der Waals surface area (Å²) < 4.78 is 24.9. The lowest BCUT2D eigenvalue weighted by Gasteiger charge is -2.14. The third kappa shape index (κ3) is 4.27. The highest BCUT2D eigenvalue weighted by Crippen LogP contribution is 2.19. The lowest BCUT2D eigenvalue weighted by Crippen LogP contribution is -2.13. The number of rotatable bonds is 5. The predicted octanol–water partition coefficient (Wildman–Crippen LogP) is 4.21. The monoisotopic (exact) mass is 309 g/mol. The molecule has 2 rings (SSSR count). The molecule has 1 unspecified atom stereocenters. The molecule has 5 heteroatoms. The van der Waals surface area contributed by atoms with Crippen molar-refractivity contribution in [3.05, 3.63) is 71.6 Å². The first-order valence-electron chi connectivity index (χ1n) is 5.89. The van der Waals surface area contributed by atoms with Gasteiger partial charge >= 0.3 is 0 Å². The van der Waals surface area contributed by atoms with Gasteiger partial charge in [0.05, 0.1) is 5.70 Å². The number of hydrogen-bond acceptors (Lipinski definition) is 2. The van der Waals surface area contributed by atoms with Crippen LogP contribution in [0.4, 0.5) is 10.1 Å². The van der Waals surface area contributed by atoms with Gasteiger partial charge in [-0.1, -0.05) is 24.2 Å². The molecule has 2 aromatic rings. The molecule has 0 aliphatic carbocycles. The van der Waals surface area contributed by atoms with Gasteiger partial charge in [0.15, 0.2) is 4.90 Å². The summed E-state index contributed by atoms with van der Waals surface area (Å²) >= 11 is 4.64. The van der Waals surface area contributed by atoms with Gasteiger partial charge < -0.3 is 9.87 Å². The molecule has 0 amide bonds. The Kier molecular flexibility index (Phi) is 5.06. The summed E-state index contributed by atoms with van der Waals surface area (Å²) in [5.41, 5.74) is 1.30. The standard InChI is InChI=1S/C15H13ClFNOS/c1-11(18-14-7-5-13(17)6-8-14)10-20(19)15-4-2-3-12(16)9-15/h2-9,18H,1,10H2. The molecule has 0 spiro atoms. The van der Waals surface area contributed by atoms with Gasteiger partial charge in [-0.05, 0) is 47.6 Å². The molecule has 0 heterocycles. The Labute approximate surface area is 125 Å². The molecule has 2 nitrogen and oxygen atoms in total. The molecule has 0 saturated heterocycles. The van der Waals surface area contributed by atoms with Gasteiger partial charge in [0, 0.05) is 16.8 Å². The molecule has 2 aromatic carbocycles. The fraction of sp³-hybridized carbons (Fsp3) is 0.0667. The maximum atomic E-state index is 12.8. The molecule has 20 heavy (non-hydrogen) atoms. The quantitative estimate of drug-likeness (QED) is 0.840. The van der Waals surface area contributed by atoms with Crippen LogP contribution in [0.25, 0.3) is 0 Å². The van der Waals surface area contributed by atoms with E-state index < -0.39 is 11.2 Å². The molecule has 0 fully saturated rings. The summed E-state index contributed by atoms with van der Waals surface area (Å²) in [6.45, 7) is 3.83. The molecule has 1 atom stereocenters. The Morgan fingerprint density at radius 1 is 1.25 bits per heavy atom. The lowest BCUT2D eigenvalue weighted by atomic mass is 10.3. The average molecular weight is 310 g/mol. The second-order valence-corrected chi connectivity index (χ2v) is 6.07. The Morgan fingerprint density at radius 3 is 2.60 bits per heavy atom.